The first kappa shape index (κ1) is 20.0. The maximum atomic E-state index is 5.77. The molecule has 2 nitrogen and oxygen atoms in total. The summed E-state index contributed by atoms with van der Waals surface area (Å²) in [5.74, 6) is 0.993. The van der Waals surface area contributed by atoms with Crippen molar-refractivity contribution in [3.8, 4) is 5.75 Å². The van der Waals surface area contributed by atoms with Crippen molar-refractivity contribution >= 4 is 0 Å². The SMILES string of the molecule is CCCCCCCCNC(C)c1ccc(OCCCCC)cc1. The van der Waals surface area contributed by atoms with E-state index in [1.807, 2.05) is 0 Å². The molecule has 0 saturated heterocycles. The summed E-state index contributed by atoms with van der Waals surface area (Å²) in [4.78, 5) is 0. The molecular formula is C21H37NO. The summed E-state index contributed by atoms with van der Waals surface area (Å²) >= 11 is 0. The Bertz CT molecular complexity index is 374. The molecule has 2 heteroatoms. The van der Waals surface area contributed by atoms with E-state index in [0.29, 0.717) is 6.04 Å². The molecule has 0 saturated carbocycles. The minimum absolute atomic E-state index is 0.416. The van der Waals surface area contributed by atoms with E-state index in [1.54, 1.807) is 0 Å². The topological polar surface area (TPSA) is 21.3 Å². The minimum Gasteiger partial charge on any atom is -0.494 e. The largest absolute Gasteiger partial charge is 0.494 e. The van der Waals surface area contributed by atoms with Gasteiger partial charge in [0.15, 0.2) is 0 Å². The predicted molar refractivity (Wildman–Crippen MR) is 101 cm³/mol. The molecule has 0 aliphatic rings. The molecule has 1 N–H and O–H groups in total. The Balaban J connectivity index is 2.16. The summed E-state index contributed by atoms with van der Waals surface area (Å²) in [6.07, 6.45) is 11.8. The second kappa shape index (κ2) is 13.4. The number of hydrogen-bond donors (Lipinski definition) is 1. The van der Waals surface area contributed by atoms with E-state index in [4.69, 9.17) is 4.74 Å². The molecule has 0 heterocycles. The lowest BCUT2D eigenvalue weighted by Gasteiger charge is -2.15. The third-order valence-corrected chi connectivity index (χ3v) is 4.38. The van der Waals surface area contributed by atoms with Crippen molar-refractivity contribution in [1.82, 2.24) is 5.32 Å². The summed E-state index contributed by atoms with van der Waals surface area (Å²) in [6, 6.07) is 9.00. The first-order chi connectivity index (χ1) is 11.3. The van der Waals surface area contributed by atoms with Crippen molar-refractivity contribution in [2.45, 2.75) is 84.6 Å². The third kappa shape index (κ3) is 9.65. The van der Waals surface area contributed by atoms with Crippen LogP contribution in [-0.4, -0.2) is 13.2 Å². The van der Waals surface area contributed by atoms with Crippen LogP contribution in [0.1, 0.15) is 90.2 Å². The average Bonchev–Trinajstić information content (AvgIpc) is 2.58. The molecule has 1 atom stereocenters. The molecule has 0 radical (unpaired) electrons. The second-order valence-corrected chi connectivity index (χ2v) is 6.57. The van der Waals surface area contributed by atoms with Gasteiger partial charge in [-0.2, -0.15) is 0 Å². The van der Waals surface area contributed by atoms with Crippen molar-refractivity contribution in [1.29, 1.82) is 0 Å². The number of hydrogen-bond acceptors (Lipinski definition) is 2. The molecule has 0 bridgehead atoms. The molecule has 0 fully saturated rings. The molecule has 1 aromatic carbocycles. The van der Waals surface area contributed by atoms with Crippen molar-refractivity contribution in [2.24, 2.45) is 0 Å². The number of ether oxygens (including phenoxy) is 1. The zero-order valence-corrected chi connectivity index (χ0v) is 15.6. The highest BCUT2D eigenvalue weighted by Crippen LogP contribution is 2.18. The average molecular weight is 320 g/mol. The van der Waals surface area contributed by atoms with Crippen molar-refractivity contribution in [3.63, 3.8) is 0 Å². The minimum atomic E-state index is 0.416. The van der Waals surface area contributed by atoms with Crippen molar-refractivity contribution in [2.75, 3.05) is 13.2 Å². The van der Waals surface area contributed by atoms with Gasteiger partial charge in [0.2, 0.25) is 0 Å². The van der Waals surface area contributed by atoms with Gasteiger partial charge < -0.3 is 10.1 Å². The lowest BCUT2D eigenvalue weighted by molar-refractivity contribution is 0.306. The monoisotopic (exact) mass is 319 g/mol. The normalized spacial score (nSPS) is 12.3. The Kier molecular flexibility index (Phi) is 11.7. The molecule has 1 rings (SSSR count). The lowest BCUT2D eigenvalue weighted by atomic mass is 10.1. The second-order valence-electron chi connectivity index (χ2n) is 6.57. The van der Waals surface area contributed by atoms with Crippen LogP contribution >= 0.6 is 0 Å². The number of benzene rings is 1. The fourth-order valence-electron chi connectivity index (χ4n) is 2.74. The van der Waals surface area contributed by atoms with E-state index in [1.165, 1.54) is 56.9 Å². The Morgan fingerprint density at radius 3 is 2.13 bits per heavy atom. The van der Waals surface area contributed by atoms with Gasteiger partial charge in [-0.15, -0.1) is 0 Å². The molecule has 1 unspecified atom stereocenters. The quantitative estimate of drug-likeness (QED) is 0.408. The number of unbranched alkanes of at least 4 members (excludes halogenated alkanes) is 7. The van der Waals surface area contributed by atoms with Crippen LogP contribution in [0, 0.1) is 0 Å². The zero-order valence-electron chi connectivity index (χ0n) is 15.6. The smallest absolute Gasteiger partial charge is 0.119 e. The van der Waals surface area contributed by atoms with Gasteiger partial charge in [-0.25, -0.2) is 0 Å². The van der Waals surface area contributed by atoms with Gasteiger partial charge in [-0.3, -0.25) is 0 Å². The summed E-state index contributed by atoms with van der Waals surface area (Å²) in [5, 5.41) is 3.63. The Morgan fingerprint density at radius 2 is 1.43 bits per heavy atom. The van der Waals surface area contributed by atoms with Crippen molar-refractivity contribution < 1.29 is 4.74 Å². The Hall–Kier alpha value is -1.02. The van der Waals surface area contributed by atoms with E-state index < -0.39 is 0 Å². The van der Waals surface area contributed by atoms with Crippen molar-refractivity contribution in [3.05, 3.63) is 29.8 Å². The van der Waals surface area contributed by atoms with Gasteiger partial charge in [-0.05, 0) is 44.0 Å². The van der Waals surface area contributed by atoms with Gasteiger partial charge in [0.05, 0.1) is 6.61 Å². The summed E-state index contributed by atoms with van der Waals surface area (Å²) < 4.78 is 5.77. The van der Waals surface area contributed by atoms with Crippen LogP contribution < -0.4 is 10.1 Å². The highest BCUT2D eigenvalue weighted by Gasteiger charge is 2.04. The summed E-state index contributed by atoms with van der Waals surface area (Å²) in [5.41, 5.74) is 1.34. The van der Waals surface area contributed by atoms with Gasteiger partial charge >= 0.3 is 0 Å². The Labute approximate surface area is 144 Å². The van der Waals surface area contributed by atoms with Crippen LogP contribution in [0.25, 0.3) is 0 Å². The van der Waals surface area contributed by atoms with Gasteiger partial charge in [0.25, 0.3) is 0 Å². The van der Waals surface area contributed by atoms with Gasteiger partial charge in [-0.1, -0.05) is 70.9 Å². The van der Waals surface area contributed by atoms with Gasteiger partial charge in [0, 0.05) is 6.04 Å². The molecular weight excluding hydrogens is 282 g/mol. The summed E-state index contributed by atoms with van der Waals surface area (Å²) in [7, 11) is 0. The predicted octanol–water partition coefficient (Wildman–Crippen LogP) is 6.27. The number of rotatable bonds is 14. The molecule has 132 valence electrons. The number of nitrogens with one attached hydrogen (secondary N) is 1. The van der Waals surface area contributed by atoms with Crippen LogP contribution in [0.4, 0.5) is 0 Å². The van der Waals surface area contributed by atoms with Gasteiger partial charge in [0.1, 0.15) is 5.75 Å². The molecule has 0 amide bonds. The third-order valence-electron chi connectivity index (χ3n) is 4.38. The summed E-state index contributed by atoms with van der Waals surface area (Å²) in [6.45, 7) is 8.68. The molecule has 0 spiro atoms. The molecule has 0 aliphatic carbocycles. The van der Waals surface area contributed by atoms with E-state index >= 15 is 0 Å². The fraction of sp³-hybridized carbons (Fsp3) is 0.714. The molecule has 0 aromatic heterocycles. The maximum Gasteiger partial charge on any atom is 0.119 e. The van der Waals surface area contributed by atoms with E-state index in [0.717, 1.165) is 25.3 Å². The van der Waals surface area contributed by atoms with Crippen LogP contribution in [0.5, 0.6) is 5.75 Å². The molecule has 23 heavy (non-hydrogen) atoms. The highest BCUT2D eigenvalue weighted by atomic mass is 16.5. The maximum absolute atomic E-state index is 5.77. The molecule has 1 aromatic rings. The van der Waals surface area contributed by atoms with Crippen LogP contribution in [-0.2, 0) is 0 Å². The van der Waals surface area contributed by atoms with E-state index in [2.05, 4.69) is 50.4 Å². The zero-order chi connectivity index (χ0) is 16.8. The first-order valence-corrected chi connectivity index (χ1v) is 9.74. The molecule has 0 aliphatic heterocycles. The van der Waals surface area contributed by atoms with Crippen LogP contribution in [0.2, 0.25) is 0 Å². The first-order valence-electron chi connectivity index (χ1n) is 9.74. The highest BCUT2D eigenvalue weighted by molar-refractivity contribution is 5.28. The van der Waals surface area contributed by atoms with E-state index in [-0.39, 0.29) is 0 Å². The lowest BCUT2D eigenvalue weighted by Crippen LogP contribution is -2.19. The van der Waals surface area contributed by atoms with Crippen LogP contribution in [0.15, 0.2) is 24.3 Å². The Morgan fingerprint density at radius 1 is 0.826 bits per heavy atom. The van der Waals surface area contributed by atoms with E-state index in [9.17, 15) is 0 Å². The van der Waals surface area contributed by atoms with Crippen LogP contribution in [0.3, 0.4) is 0 Å². The fourth-order valence-corrected chi connectivity index (χ4v) is 2.74. The standard InChI is InChI=1S/C21H37NO/c1-4-6-8-9-10-11-17-22-19(3)20-13-15-21(16-14-20)23-18-12-7-5-2/h13-16,19,22H,4-12,17-18H2,1-3H3.